The molecule has 0 atom stereocenters. The van der Waals surface area contributed by atoms with Crippen LogP contribution in [-0.2, 0) is 25.7 Å². The number of ether oxygens (including phenoxy) is 12. The minimum absolute atomic E-state index is 0.401. The molecule has 0 unspecified atom stereocenters. The smallest absolute Gasteiger partial charge is 0.267 e. The van der Waals surface area contributed by atoms with Crippen LogP contribution in [0.5, 0.6) is 92.0 Å². The van der Waals surface area contributed by atoms with Crippen molar-refractivity contribution in [3.8, 4) is 92.0 Å². The zero-order valence-electron chi connectivity index (χ0n) is 65.5. The lowest BCUT2D eigenvalue weighted by Gasteiger charge is -2.38. The average molecular weight is 1570 g/mol. The fourth-order valence-corrected chi connectivity index (χ4v) is 18.8. The minimum Gasteiger partial charge on any atom is -0.457 e. The van der Waals surface area contributed by atoms with Gasteiger partial charge in [0.15, 0.2) is 0 Å². The number of rotatable bonds is 12. The van der Waals surface area contributed by atoms with Crippen molar-refractivity contribution >= 4 is 21.5 Å². The van der Waals surface area contributed by atoms with Crippen LogP contribution in [0.25, 0.3) is 21.5 Å². The van der Waals surface area contributed by atoms with E-state index in [1.165, 1.54) is 22.3 Å². The van der Waals surface area contributed by atoms with Gasteiger partial charge in [-0.3, -0.25) is 0 Å². The first-order valence-corrected chi connectivity index (χ1v) is 41.7. The Kier molecular flexibility index (Phi) is 17.7. The number of fused-ring (bicyclic) bond motifs is 20. The lowest BCUT2D eigenvalue weighted by Crippen LogP contribution is -2.26. The van der Waals surface area contributed by atoms with E-state index in [1.807, 2.05) is 146 Å². The molecule has 0 radical (unpaired) electrons. The van der Waals surface area contributed by atoms with Crippen molar-refractivity contribution in [3.63, 3.8) is 0 Å². The summed E-state index contributed by atoms with van der Waals surface area (Å²) in [5, 5.41) is 3.90. The molecule has 0 saturated carbocycles. The lowest BCUT2D eigenvalue weighted by atomic mass is 9.75. The van der Waals surface area contributed by atoms with Gasteiger partial charge in [-0.25, -0.2) is 0 Å². The summed E-state index contributed by atoms with van der Waals surface area (Å²) in [4.78, 5) is 0. The molecule has 0 fully saturated rings. The molecule has 120 heavy (non-hydrogen) atoms. The average Bonchev–Trinajstić information content (AvgIpc) is 0.737. The van der Waals surface area contributed by atoms with Crippen LogP contribution in [0.3, 0.4) is 0 Å². The van der Waals surface area contributed by atoms with Gasteiger partial charge < -0.3 is 56.8 Å². The SMILES string of the molecule is c1ccc(CCC2c3cc4c5cc3OC3Oc6cc7c(cc62)C(CCc2ccccc2)c2cc6c8cc2OC(O7)c2cccc(c2)Oc2ccc7ccc(cc7c2)Oc2cccc(c2)C(O8)Oc2cc(c(cc2C6CCc2ccccc2)C4CCc2ccccc2)OC(O5)c2cccc(c2)Oc2ccc4ccc(cc4c2)Oc2cccc3c2)cc1. The Hall–Kier alpha value is -14.4. The third-order valence-corrected chi connectivity index (χ3v) is 24.7. The fourth-order valence-electron chi connectivity index (χ4n) is 18.8. The first-order chi connectivity index (χ1) is 59.3. The second-order valence-electron chi connectivity index (χ2n) is 32.3. The summed E-state index contributed by atoms with van der Waals surface area (Å²) < 4.78 is 90.7. The Bertz CT molecular complexity index is 5880. The second kappa shape index (κ2) is 30.0. The summed E-state index contributed by atoms with van der Waals surface area (Å²) in [5.74, 6) is 7.96. The monoisotopic (exact) mass is 1570 g/mol. The summed E-state index contributed by atoms with van der Waals surface area (Å²) >= 11 is 0. The third-order valence-electron chi connectivity index (χ3n) is 24.7. The van der Waals surface area contributed by atoms with Crippen molar-refractivity contribution in [2.24, 2.45) is 0 Å². The number of benzene rings is 16. The van der Waals surface area contributed by atoms with Crippen molar-refractivity contribution in [3.05, 3.63) is 429 Å². The number of hydrogen-bond acceptors (Lipinski definition) is 12. The zero-order valence-corrected chi connectivity index (χ0v) is 65.5. The van der Waals surface area contributed by atoms with Gasteiger partial charge in [-0.2, -0.15) is 0 Å². The molecule has 0 spiro atoms. The standard InChI is InChI=1S/C108H80O12/c1-5-17-65(18-6-1)33-45-85-89-57-90-86(46-34-66-19-7-2-8-20-66)95-60-96-88(48-36-68-23-11-4-12-24-68)92-58-91-87(47-35-67-21-9-3-10-22-67)94-59-93(85)101-63-102(94)118-107-73-27-15-31-79(51-73)111-83-43-39-70-40-44-84(56-76(70)55-83)112-80-32-16-28-74(52-80)108(116-100(92)62-99(91)115-107)120-104(96)64-103(95)119-106-72-26-14-30-78(50-72)110-82-42-38-69-37-41-81(53-75(69)54-82)109-77-29-13-25-71(49-77)105(117-101)113-97(89)61-98(90)114-106/h1-32,37-44,49-64,85-88,105-108H,33-36,45-48H2. The number of hydrogen-bond donors (Lipinski definition) is 0. The van der Waals surface area contributed by atoms with E-state index in [1.54, 1.807) is 0 Å². The molecule has 23 rings (SSSR count). The molecule has 12 heteroatoms. The van der Waals surface area contributed by atoms with Crippen molar-refractivity contribution < 1.29 is 56.8 Å². The molecule has 7 aliphatic rings. The number of aryl methyl sites for hydroxylation is 4. The molecular weight excluding hydrogens is 1490 g/mol. The molecule has 584 valence electrons. The van der Waals surface area contributed by atoms with Gasteiger partial charge in [-0.05, 0) is 216 Å². The van der Waals surface area contributed by atoms with Crippen LogP contribution in [0, 0.1) is 0 Å². The predicted molar refractivity (Wildman–Crippen MR) is 462 cm³/mol. The Morgan fingerprint density at radius 3 is 0.592 bits per heavy atom. The Labute approximate surface area is 695 Å². The second-order valence-corrected chi connectivity index (χ2v) is 32.3. The molecule has 16 aromatic carbocycles. The maximum Gasteiger partial charge on any atom is 0.267 e. The Balaban J connectivity index is 0.853. The van der Waals surface area contributed by atoms with Gasteiger partial charge in [0.25, 0.3) is 25.2 Å². The molecule has 12 nitrogen and oxygen atoms in total. The van der Waals surface area contributed by atoms with Gasteiger partial charge in [-0.15, -0.1) is 0 Å². The van der Waals surface area contributed by atoms with E-state index in [4.69, 9.17) is 56.8 Å². The highest BCUT2D eigenvalue weighted by Gasteiger charge is 2.42. The van der Waals surface area contributed by atoms with Gasteiger partial charge in [0.1, 0.15) is 92.0 Å². The Morgan fingerprint density at radius 2 is 0.375 bits per heavy atom. The summed E-state index contributed by atoms with van der Waals surface area (Å²) in [6.45, 7) is 0. The molecule has 30 bridgehead atoms. The van der Waals surface area contributed by atoms with Crippen LogP contribution in [0.4, 0.5) is 0 Å². The van der Waals surface area contributed by atoms with Crippen molar-refractivity contribution in [2.75, 3.05) is 0 Å². The molecule has 16 aromatic rings. The van der Waals surface area contributed by atoms with E-state index in [2.05, 4.69) is 194 Å². The van der Waals surface area contributed by atoms with E-state index in [0.29, 0.717) is 166 Å². The van der Waals surface area contributed by atoms with Crippen LogP contribution >= 0.6 is 0 Å². The molecule has 0 saturated heterocycles. The molecule has 0 aromatic heterocycles. The summed E-state index contributed by atoms with van der Waals surface area (Å²) in [6.07, 6.45) is 0.950. The van der Waals surface area contributed by atoms with Gasteiger partial charge in [0.05, 0.1) is 0 Å². The van der Waals surface area contributed by atoms with Gasteiger partial charge in [0.2, 0.25) is 0 Å². The lowest BCUT2D eigenvalue weighted by molar-refractivity contribution is -0.0121. The summed E-state index contributed by atoms with van der Waals surface area (Å²) in [5.41, 5.74) is 15.3. The molecular formula is C108H80O12. The normalized spacial score (nSPS) is 18.7. The van der Waals surface area contributed by atoms with Crippen molar-refractivity contribution in [2.45, 2.75) is 100 Å². The first kappa shape index (κ1) is 71.0. The van der Waals surface area contributed by atoms with E-state index < -0.39 is 48.8 Å². The predicted octanol–water partition coefficient (Wildman–Crippen LogP) is 27.0. The van der Waals surface area contributed by atoms with Crippen LogP contribution in [0.2, 0.25) is 0 Å². The summed E-state index contributed by atoms with van der Waals surface area (Å²) in [6, 6.07) is 118. The zero-order chi connectivity index (χ0) is 79.1. The van der Waals surface area contributed by atoms with Crippen molar-refractivity contribution in [1.29, 1.82) is 0 Å². The molecule has 6 aliphatic heterocycles. The quantitative estimate of drug-likeness (QED) is 0.116. The van der Waals surface area contributed by atoms with Crippen molar-refractivity contribution in [1.82, 2.24) is 0 Å². The fraction of sp³-hybridized carbons (Fsp3) is 0.148. The van der Waals surface area contributed by atoms with E-state index in [9.17, 15) is 0 Å². The van der Waals surface area contributed by atoms with E-state index in [0.717, 1.165) is 66.1 Å². The van der Waals surface area contributed by atoms with Crippen LogP contribution in [-0.4, -0.2) is 0 Å². The maximum absolute atomic E-state index is 7.88. The third kappa shape index (κ3) is 13.8. The van der Waals surface area contributed by atoms with Gasteiger partial charge in [-0.1, -0.05) is 194 Å². The summed E-state index contributed by atoms with van der Waals surface area (Å²) in [7, 11) is 0. The molecule has 0 N–H and O–H groups in total. The minimum atomic E-state index is -1.10. The van der Waals surface area contributed by atoms with E-state index >= 15 is 0 Å². The molecule has 6 heterocycles. The highest BCUT2D eigenvalue weighted by atomic mass is 16.7. The van der Waals surface area contributed by atoms with Gasteiger partial charge in [0, 0.05) is 115 Å². The maximum atomic E-state index is 7.88. The largest absolute Gasteiger partial charge is 0.457 e. The Morgan fingerprint density at radius 1 is 0.167 bits per heavy atom. The highest BCUT2D eigenvalue weighted by Crippen LogP contribution is 2.59. The molecule has 0 amide bonds. The highest BCUT2D eigenvalue weighted by molar-refractivity contribution is 5.86. The van der Waals surface area contributed by atoms with Crippen LogP contribution in [0.1, 0.15) is 164 Å². The van der Waals surface area contributed by atoms with Crippen LogP contribution < -0.4 is 56.8 Å². The molecule has 1 aliphatic carbocycles. The topological polar surface area (TPSA) is 111 Å². The van der Waals surface area contributed by atoms with E-state index in [-0.39, 0.29) is 0 Å². The first-order valence-electron chi connectivity index (χ1n) is 41.7. The van der Waals surface area contributed by atoms with Crippen LogP contribution in [0.15, 0.2) is 340 Å². The van der Waals surface area contributed by atoms with Gasteiger partial charge >= 0.3 is 0 Å².